The first-order valence-electron chi connectivity index (χ1n) is 6.92. The molecule has 0 spiro atoms. The van der Waals surface area contributed by atoms with Gasteiger partial charge in [0.1, 0.15) is 0 Å². The SMILES string of the molecule is CCCCCCCC1CCCC2CC12. The van der Waals surface area contributed by atoms with E-state index in [-0.39, 0.29) is 0 Å². The molecule has 3 atom stereocenters. The summed E-state index contributed by atoms with van der Waals surface area (Å²) < 4.78 is 0. The van der Waals surface area contributed by atoms with E-state index >= 15 is 0 Å². The lowest BCUT2D eigenvalue weighted by atomic mass is 9.85. The molecular weight excluding hydrogens is 168 g/mol. The van der Waals surface area contributed by atoms with Crippen LogP contribution in [0.2, 0.25) is 0 Å². The zero-order valence-corrected chi connectivity index (χ0v) is 9.80. The number of unbranched alkanes of at least 4 members (excludes halogenated alkanes) is 4. The van der Waals surface area contributed by atoms with E-state index < -0.39 is 0 Å². The highest BCUT2D eigenvalue weighted by molar-refractivity contribution is 4.94. The highest BCUT2D eigenvalue weighted by Gasteiger charge is 2.44. The highest BCUT2D eigenvalue weighted by Crippen LogP contribution is 2.54. The van der Waals surface area contributed by atoms with E-state index in [9.17, 15) is 0 Å². The molecule has 0 N–H and O–H groups in total. The first kappa shape index (κ1) is 10.5. The molecule has 3 unspecified atom stereocenters. The van der Waals surface area contributed by atoms with E-state index in [1.807, 2.05) is 0 Å². The van der Waals surface area contributed by atoms with Gasteiger partial charge < -0.3 is 0 Å². The van der Waals surface area contributed by atoms with E-state index in [0.29, 0.717) is 0 Å². The molecule has 82 valence electrons. The van der Waals surface area contributed by atoms with Gasteiger partial charge in [-0.3, -0.25) is 0 Å². The minimum absolute atomic E-state index is 1.15. The van der Waals surface area contributed by atoms with Gasteiger partial charge in [0.25, 0.3) is 0 Å². The molecule has 14 heavy (non-hydrogen) atoms. The van der Waals surface area contributed by atoms with Gasteiger partial charge in [0.15, 0.2) is 0 Å². The zero-order chi connectivity index (χ0) is 9.80. The number of fused-ring (bicyclic) bond motifs is 1. The molecule has 0 saturated heterocycles. The Balaban J connectivity index is 1.52. The van der Waals surface area contributed by atoms with Crippen molar-refractivity contribution in [2.24, 2.45) is 17.8 Å². The van der Waals surface area contributed by atoms with E-state index in [0.717, 1.165) is 5.92 Å². The summed E-state index contributed by atoms with van der Waals surface area (Å²) in [4.78, 5) is 0. The van der Waals surface area contributed by atoms with Gasteiger partial charge in [-0.1, -0.05) is 64.7 Å². The fourth-order valence-electron chi connectivity index (χ4n) is 3.41. The molecule has 0 bridgehead atoms. The van der Waals surface area contributed by atoms with Crippen LogP contribution in [-0.4, -0.2) is 0 Å². The van der Waals surface area contributed by atoms with Gasteiger partial charge in [0.05, 0.1) is 0 Å². The topological polar surface area (TPSA) is 0 Å². The lowest BCUT2D eigenvalue weighted by Crippen LogP contribution is -2.09. The molecule has 0 amide bonds. The Morgan fingerprint density at radius 2 is 1.86 bits per heavy atom. The van der Waals surface area contributed by atoms with Gasteiger partial charge in [-0.15, -0.1) is 0 Å². The maximum atomic E-state index is 2.30. The molecule has 2 aliphatic carbocycles. The quantitative estimate of drug-likeness (QED) is 0.534. The van der Waals surface area contributed by atoms with Gasteiger partial charge in [0, 0.05) is 0 Å². The summed E-state index contributed by atoms with van der Waals surface area (Å²) in [6.07, 6.45) is 15.2. The number of hydrogen-bond acceptors (Lipinski definition) is 0. The van der Waals surface area contributed by atoms with Crippen LogP contribution in [0.4, 0.5) is 0 Å². The Morgan fingerprint density at radius 3 is 2.71 bits per heavy atom. The molecule has 2 fully saturated rings. The van der Waals surface area contributed by atoms with Crippen LogP contribution in [0.1, 0.15) is 71.1 Å². The van der Waals surface area contributed by atoms with Gasteiger partial charge in [-0.05, 0) is 24.2 Å². The Hall–Kier alpha value is 0. The Labute approximate surface area is 89.5 Å². The van der Waals surface area contributed by atoms with Crippen LogP contribution in [0, 0.1) is 17.8 Å². The number of hydrogen-bond donors (Lipinski definition) is 0. The standard InChI is InChI=1S/C14H26/c1-2-3-4-5-6-8-12-9-7-10-13-11-14(12)13/h12-14H,2-11H2,1H3. The molecule has 0 aliphatic heterocycles. The van der Waals surface area contributed by atoms with Gasteiger partial charge in [-0.25, -0.2) is 0 Å². The van der Waals surface area contributed by atoms with Crippen molar-refractivity contribution in [3.63, 3.8) is 0 Å². The van der Waals surface area contributed by atoms with Gasteiger partial charge in [0.2, 0.25) is 0 Å². The van der Waals surface area contributed by atoms with Crippen LogP contribution in [0.25, 0.3) is 0 Å². The average Bonchev–Trinajstić information content (AvgIpc) is 2.97. The summed E-state index contributed by atoms with van der Waals surface area (Å²) in [5.74, 6) is 3.52. The second-order valence-corrected chi connectivity index (χ2v) is 5.55. The molecule has 0 aromatic heterocycles. The summed E-state index contributed by atoms with van der Waals surface area (Å²) in [5, 5.41) is 0. The van der Waals surface area contributed by atoms with Crippen molar-refractivity contribution in [3.8, 4) is 0 Å². The van der Waals surface area contributed by atoms with Crippen molar-refractivity contribution >= 4 is 0 Å². The maximum Gasteiger partial charge on any atom is -0.0355 e. The molecular formula is C14H26. The molecule has 0 aromatic carbocycles. The van der Waals surface area contributed by atoms with E-state index in [1.165, 1.54) is 43.9 Å². The first-order chi connectivity index (χ1) is 6.92. The Bertz CT molecular complexity index is 161. The molecule has 2 rings (SSSR count). The lowest BCUT2D eigenvalue weighted by molar-refractivity contribution is 0.307. The van der Waals surface area contributed by atoms with Crippen LogP contribution in [0.15, 0.2) is 0 Å². The predicted octanol–water partition coefficient (Wildman–Crippen LogP) is 4.78. The first-order valence-corrected chi connectivity index (χ1v) is 6.92. The van der Waals surface area contributed by atoms with Crippen molar-refractivity contribution < 1.29 is 0 Å². The number of rotatable bonds is 6. The molecule has 0 heterocycles. The largest absolute Gasteiger partial charge is 0.0654 e. The second kappa shape index (κ2) is 5.19. The van der Waals surface area contributed by atoms with E-state index in [4.69, 9.17) is 0 Å². The predicted molar refractivity (Wildman–Crippen MR) is 62.3 cm³/mol. The highest BCUT2D eigenvalue weighted by atomic mass is 14.5. The fraction of sp³-hybridized carbons (Fsp3) is 1.00. The van der Waals surface area contributed by atoms with Gasteiger partial charge >= 0.3 is 0 Å². The van der Waals surface area contributed by atoms with Crippen molar-refractivity contribution in [1.29, 1.82) is 0 Å². The maximum absolute atomic E-state index is 2.30. The third kappa shape index (κ3) is 2.74. The third-order valence-electron chi connectivity index (χ3n) is 4.41. The van der Waals surface area contributed by atoms with Crippen LogP contribution in [0.5, 0.6) is 0 Å². The molecule has 2 aliphatic rings. The normalized spacial score (nSPS) is 35.4. The third-order valence-corrected chi connectivity index (χ3v) is 4.41. The van der Waals surface area contributed by atoms with Crippen molar-refractivity contribution in [2.45, 2.75) is 71.1 Å². The summed E-state index contributed by atoms with van der Waals surface area (Å²) in [6.45, 7) is 2.30. The van der Waals surface area contributed by atoms with Crippen molar-refractivity contribution in [2.75, 3.05) is 0 Å². The molecule has 0 aromatic rings. The van der Waals surface area contributed by atoms with Crippen LogP contribution < -0.4 is 0 Å². The fourth-order valence-corrected chi connectivity index (χ4v) is 3.41. The minimum Gasteiger partial charge on any atom is -0.0654 e. The van der Waals surface area contributed by atoms with Crippen LogP contribution >= 0.6 is 0 Å². The molecule has 2 saturated carbocycles. The average molecular weight is 194 g/mol. The minimum atomic E-state index is 1.15. The van der Waals surface area contributed by atoms with Crippen molar-refractivity contribution in [3.05, 3.63) is 0 Å². The summed E-state index contributed by atoms with van der Waals surface area (Å²) in [5.41, 5.74) is 0. The Kier molecular flexibility index (Phi) is 3.89. The summed E-state index contributed by atoms with van der Waals surface area (Å²) >= 11 is 0. The van der Waals surface area contributed by atoms with Gasteiger partial charge in [-0.2, -0.15) is 0 Å². The summed E-state index contributed by atoms with van der Waals surface area (Å²) in [7, 11) is 0. The zero-order valence-electron chi connectivity index (χ0n) is 9.80. The second-order valence-electron chi connectivity index (χ2n) is 5.55. The van der Waals surface area contributed by atoms with E-state index in [2.05, 4.69) is 6.92 Å². The van der Waals surface area contributed by atoms with Crippen LogP contribution in [-0.2, 0) is 0 Å². The smallest absolute Gasteiger partial charge is 0.0355 e. The molecule has 0 heteroatoms. The Morgan fingerprint density at radius 1 is 1.00 bits per heavy atom. The van der Waals surface area contributed by atoms with E-state index in [1.54, 1.807) is 32.1 Å². The lowest BCUT2D eigenvalue weighted by Gasteiger charge is -2.20. The van der Waals surface area contributed by atoms with Crippen LogP contribution in [0.3, 0.4) is 0 Å². The monoisotopic (exact) mass is 194 g/mol. The summed E-state index contributed by atoms with van der Waals surface area (Å²) in [6, 6.07) is 0. The molecule has 0 radical (unpaired) electrons. The van der Waals surface area contributed by atoms with Crippen molar-refractivity contribution in [1.82, 2.24) is 0 Å². The molecule has 0 nitrogen and oxygen atoms in total.